The second kappa shape index (κ2) is 7.28. The molecule has 0 saturated carbocycles. The van der Waals surface area contributed by atoms with Crippen LogP contribution in [0.25, 0.3) is 0 Å². The van der Waals surface area contributed by atoms with E-state index in [1.54, 1.807) is 4.90 Å². The van der Waals surface area contributed by atoms with E-state index in [9.17, 15) is 18.3 Å². The van der Waals surface area contributed by atoms with Crippen LogP contribution in [0.2, 0.25) is 0 Å². The number of sulfonamides is 1. The highest BCUT2D eigenvalue weighted by Crippen LogP contribution is 2.30. The molecule has 1 fully saturated rings. The predicted octanol–water partition coefficient (Wildman–Crippen LogP) is 1.98. The molecule has 9 heteroatoms. The molecule has 0 unspecified atom stereocenters. The van der Waals surface area contributed by atoms with Crippen LogP contribution in [0.3, 0.4) is 0 Å². The maximum atomic E-state index is 12.7. The molecule has 7 nitrogen and oxygen atoms in total. The quantitative estimate of drug-likeness (QED) is 0.793. The Bertz CT molecular complexity index is 829. The number of hydrogen-bond donors (Lipinski definition) is 2. The van der Waals surface area contributed by atoms with Crippen molar-refractivity contribution in [3.8, 4) is 0 Å². The van der Waals surface area contributed by atoms with Crippen molar-refractivity contribution in [1.82, 2.24) is 9.62 Å². The zero-order chi connectivity index (χ0) is 18.0. The van der Waals surface area contributed by atoms with Gasteiger partial charge in [0, 0.05) is 17.5 Å². The van der Waals surface area contributed by atoms with E-state index in [-0.39, 0.29) is 22.8 Å². The molecule has 0 bridgehead atoms. The van der Waals surface area contributed by atoms with Gasteiger partial charge in [0.2, 0.25) is 5.09 Å². The van der Waals surface area contributed by atoms with Crippen molar-refractivity contribution in [3.05, 3.63) is 40.3 Å². The number of amides is 1. The van der Waals surface area contributed by atoms with Gasteiger partial charge >= 0.3 is 0 Å². The molecule has 25 heavy (non-hydrogen) atoms. The second-order valence-electron chi connectivity index (χ2n) is 5.89. The van der Waals surface area contributed by atoms with Gasteiger partial charge in [-0.25, -0.2) is 13.1 Å². The van der Waals surface area contributed by atoms with E-state index >= 15 is 0 Å². The summed E-state index contributed by atoms with van der Waals surface area (Å²) in [7, 11) is -2.44. The van der Waals surface area contributed by atoms with Crippen LogP contribution in [0, 0.1) is 0 Å². The van der Waals surface area contributed by atoms with Crippen molar-refractivity contribution in [3.63, 3.8) is 0 Å². The van der Waals surface area contributed by atoms with Gasteiger partial charge in [0.1, 0.15) is 0 Å². The summed E-state index contributed by atoms with van der Waals surface area (Å²) in [5.41, 5.74) is 0. The number of nitrogens with zero attached hydrogens (tertiary/aromatic N) is 1. The number of thiophene rings is 1. The van der Waals surface area contributed by atoms with Crippen LogP contribution >= 0.6 is 11.3 Å². The number of aliphatic hydroxyl groups excluding tert-OH is 1. The molecule has 0 aliphatic carbocycles. The Morgan fingerprint density at radius 3 is 2.96 bits per heavy atom. The average molecular weight is 384 g/mol. The van der Waals surface area contributed by atoms with Crippen molar-refractivity contribution in [1.29, 1.82) is 0 Å². The van der Waals surface area contributed by atoms with Gasteiger partial charge in [-0.1, -0.05) is 6.07 Å². The molecule has 1 saturated heterocycles. The van der Waals surface area contributed by atoms with E-state index in [0.29, 0.717) is 13.0 Å². The SMILES string of the molecule is CNS(=O)(=O)c1ccc(C(=O)N2CCC[C@H]2C[C@@H](O)c2cccs2)o1. The van der Waals surface area contributed by atoms with Gasteiger partial charge in [0.05, 0.1) is 6.10 Å². The zero-order valence-electron chi connectivity index (χ0n) is 13.7. The number of aliphatic hydroxyl groups is 1. The van der Waals surface area contributed by atoms with Gasteiger partial charge in [0.25, 0.3) is 15.9 Å². The van der Waals surface area contributed by atoms with Gasteiger partial charge < -0.3 is 14.4 Å². The van der Waals surface area contributed by atoms with Crippen LogP contribution in [0.4, 0.5) is 0 Å². The molecule has 0 aromatic carbocycles. The van der Waals surface area contributed by atoms with E-state index in [4.69, 9.17) is 4.42 Å². The van der Waals surface area contributed by atoms with Gasteiger partial charge in [-0.3, -0.25) is 4.79 Å². The van der Waals surface area contributed by atoms with Crippen molar-refractivity contribution >= 4 is 27.3 Å². The molecule has 1 amide bonds. The Labute approximate surface area is 150 Å². The summed E-state index contributed by atoms with van der Waals surface area (Å²) in [6, 6.07) is 6.30. The molecule has 1 aliphatic heterocycles. The van der Waals surface area contributed by atoms with Crippen LogP contribution in [0.15, 0.2) is 39.2 Å². The highest BCUT2D eigenvalue weighted by Gasteiger charge is 2.33. The first-order valence-electron chi connectivity index (χ1n) is 7.98. The second-order valence-corrected chi connectivity index (χ2v) is 8.68. The summed E-state index contributed by atoms with van der Waals surface area (Å²) in [6.07, 6.45) is 1.48. The lowest BCUT2D eigenvalue weighted by atomic mass is 10.1. The number of carbonyl (C=O) groups is 1. The summed E-state index contributed by atoms with van der Waals surface area (Å²) >= 11 is 1.48. The normalized spacial score (nSPS) is 19.3. The van der Waals surface area contributed by atoms with Crippen LogP contribution in [-0.2, 0) is 10.0 Å². The Kier molecular flexibility index (Phi) is 5.28. The Hall–Kier alpha value is -1.68. The molecule has 2 aromatic rings. The van der Waals surface area contributed by atoms with E-state index in [1.165, 1.54) is 30.5 Å². The van der Waals surface area contributed by atoms with Crippen molar-refractivity contribution in [2.45, 2.75) is 36.5 Å². The Morgan fingerprint density at radius 1 is 1.48 bits per heavy atom. The zero-order valence-corrected chi connectivity index (χ0v) is 15.3. The molecular formula is C16H20N2O5S2. The highest BCUT2D eigenvalue weighted by atomic mass is 32.2. The lowest BCUT2D eigenvalue weighted by Crippen LogP contribution is -2.36. The van der Waals surface area contributed by atoms with Crippen molar-refractivity contribution < 1.29 is 22.7 Å². The highest BCUT2D eigenvalue weighted by molar-refractivity contribution is 7.89. The number of furan rings is 1. The van der Waals surface area contributed by atoms with Crippen molar-refractivity contribution in [2.75, 3.05) is 13.6 Å². The van der Waals surface area contributed by atoms with Gasteiger partial charge in [0.15, 0.2) is 5.76 Å². The maximum absolute atomic E-state index is 12.7. The van der Waals surface area contributed by atoms with Crippen LogP contribution < -0.4 is 4.72 Å². The third-order valence-corrected chi connectivity index (χ3v) is 6.59. The molecule has 2 aromatic heterocycles. The monoisotopic (exact) mass is 384 g/mol. The Balaban J connectivity index is 1.73. The first kappa shape index (κ1) is 18.1. The van der Waals surface area contributed by atoms with Crippen LogP contribution in [0.5, 0.6) is 0 Å². The third-order valence-electron chi connectivity index (χ3n) is 4.33. The summed E-state index contributed by atoms with van der Waals surface area (Å²) in [5, 5.41) is 12.0. The molecule has 3 rings (SSSR count). The fourth-order valence-electron chi connectivity index (χ4n) is 3.02. The first-order chi connectivity index (χ1) is 11.9. The van der Waals surface area contributed by atoms with Gasteiger partial charge in [-0.2, -0.15) is 0 Å². The lowest BCUT2D eigenvalue weighted by Gasteiger charge is -2.25. The fourth-order valence-corrected chi connectivity index (χ4v) is 4.40. The molecule has 3 heterocycles. The smallest absolute Gasteiger partial charge is 0.289 e. The summed E-state index contributed by atoms with van der Waals surface area (Å²) in [4.78, 5) is 15.2. The van der Waals surface area contributed by atoms with E-state index in [2.05, 4.69) is 4.72 Å². The van der Waals surface area contributed by atoms with E-state index in [0.717, 1.165) is 17.7 Å². The minimum atomic E-state index is -3.72. The molecule has 2 atom stereocenters. The Morgan fingerprint density at radius 2 is 2.28 bits per heavy atom. The topological polar surface area (TPSA) is 99.9 Å². The van der Waals surface area contributed by atoms with Crippen LogP contribution in [0.1, 0.15) is 40.8 Å². The number of nitrogens with one attached hydrogen (secondary N) is 1. The average Bonchev–Trinajstić information content (AvgIpc) is 3.34. The molecule has 136 valence electrons. The largest absolute Gasteiger partial charge is 0.438 e. The summed E-state index contributed by atoms with van der Waals surface area (Å²) in [6.45, 7) is 0.565. The van der Waals surface area contributed by atoms with Gasteiger partial charge in [-0.05, 0) is 49.9 Å². The number of likely N-dealkylation sites (tertiary alicyclic amines) is 1. The van der Waals surface area contributed by atoms with E-state index < -0.39 is 16.1 Å². The molecule has 0 radical (unpaired) electrons. The number of hydrogen-bond acceptors (Lipinski definition) is 6. The van der Waals surface area contributed by atoms with E-state index in [1.807, 2.05) is 17.5 Å². The maximum Gasteiger partial charge on any atom is 0.289 e. The standard InChI is InChI=1S/C16H20N2O5S2/c1-17-25(21,22)15-7-6-13(23-15)16(20)18-8-2-4-11(18)10-12(19)14-5-3-9-24-14/h3,5-7,9,11-12,17,19H,2,4,8,10H2,1H3/t11-,12+/m0/s1. The molecule has 2 N–H and O–H groups in total. The third kappa shape index (κ3) is 3.79. The lowest BCUT2D eigenvalue weighted by molar-refractivity contribution is 0.0634. The molecule has 1 aliphatic rings. The van der Waals surface area contributed by atoms with Crippen molar-refractivity contribution in [2.24, 2.45) is 0 Å². The minimum Gasteiger partial charge on any atom is -0.438 e. The summed E-state index contributed by atoms with van der Waals surface area (Å²) < 4.78 is 30.9. The minimum absolute atomic E-state index is 0.00802. The van der Waals surface area contributed by atoms with Crippen LogP contribution in [-0.4, -0.2) is 44.0 Å². The molecular weight excluding hydrogens is 364 g/mol. The first-order valence-corrected chi connectivity index (χ1v) is 10.3. The number of rotatable bonds is 6. The number of carbonyl (C=O) groups excluding carboxylic acids is 1. The summed E-state index contributed by atoms with van der Waals surface area (Å²) in [5.74, 6) is -0.357. The van der Waals surface area contributed by atoms with Gasteiger partial charge in [-0.15, -0.1) is 11.3 Å². The molecule has 0 spiro atoms. The predicted molar refractivity (Wildman–Crippen MR) is 92.9 cm³/mol. The fraction of sp³-hybridized carbons (Fsp3) is 0.438.